The van der Waals surface area contributed by atoms with Gasteiger partial charge in [-0.2, -0.15) is 0 Å². The van der Waals surface area contributed by atoms with Crippen LogP contribution in [-0.2, 0) is 11.3 Å². The van der Waals surface area contributed by atoms with Crippen LogP contribution in [0, 0.1) is 19.8 Å². The maximum Gasteiger partial charge on any atom is 0.308 e. The van der Waals surface area contributed by atoms with Crippen LogP contribution in [0.25, 0.3) is 0 Å². The van der Waals surface area contributed by atoms with Crippen molar-refractivity contribution in [3.8, 4) is 0 Å². The van der Waals surface area contributed by atoms with E-state index in [1.54, 1.807) is 6.92 Å². The molecule has 112 valence electrons. The third kappa shape index (κ3) is 4.08. The average Bonchev–Trinajstić information content (AvgIpc) is 2.87. The standard InChI is InChI=1S/C16H20N2O3/c1-11-4-6-14(7-5-11)10-18(9-12(2)16(19)20)15-8-13(3)21-17-15/h4-8,12H,9-10H2,1-3H3,(H,19,20). The maximum absolute atomic E-state index is 11.1. The molecule has 0 aliphatic carbocycles. The van der Waals surface area contributed by atoms with E-state index in [1.165, 1.54) is 5.56 Å². The number of carboxylic acid groups (broad SMARTS) is 1. The normalized spacial score (nSPS) is 12.1. The van der Waals surface area contributed by atoms with E-state index in [0.717, 1.165) is 5.56 Å². The van der Waals surface area contributed by atoms with Crippen molar-refractivity contribution < 1.29 is 14.4 Å². The Kier molecular flexibility index (Phi) is 4.62. The predicted molar refractivity (Wildman–Crippen MR) is 80.3 cm³/mol. The monoisotopic (exact) mass is 288 g/mol. The van der Waals surface area contributed by atoms with Gasteiger partial charge in [-0.25, -0.2) is 0 Å². The topological polar surface area (TPSA) is 66.6 Å². The smallest absolute Gasteiger partial charge is 0.308 e. The lowest BCUT2D eigenvalue weighted by Crippen LogP contribution is -2.31. The summed E-state index contributed by atoms with van der Waals surface area (Å²) in [5, 5.41) is 13.1. The molecule has 1 atom stereocenters. The van der Waals surface area contributed by atoms with Gasteiger partial charge in [-0.1, -0.05) is 41.9 Å². The molecule has 0 fully saturated rings. The number of carboxylic acids is 1. The van der Waals surface area contributed by atoms with Crippen LogP contribution in [0.2, 0.25) is 0 Å². The van der Waals surface area contributed by atoms with Gasteiger partial charge in [0.05, 0.1) is 5.92 Å². The second kappa shape index (κ2) is 6.43. The van der Waals surface area contributed by atoms with Crippen molar-refractivity contribution in [3.63, 3.8) is 0 Å². The van der Waals surface area contributed by atoms with Crippen LogP contribution in [0.5, 0.6) is 0 Å². The van der Waals surface area contributed by atoms with Crippen LogP contribution >= 0.6 is 0 Å². The number of benzene rings is 1. The third-order valence-corrected chi connectivity index (χ3v) is 3.35. The lowest BCUT2D eigenvalue weighted by atomic mass is 10.1. The van der Waals surface area contributed by atoms with E-state index in [2.05, 4.69) is 5.16 Å². The van der Waals surface area contributed by atoms with E-state index in [-0.39, 0.29) is 0 Å². The summed E-state index contributed by atoms with van der Waals surface area (Å²) in [5.74, 6) is 0.0830. The van der Waals surface area contributed by atoms with Gasteiger partial charge in [0.15, 0.2) is 5.82 Å². The molecule has 1 heterocycles. The zero-order valence-electron chi connectivity index (χ0n) is 12.5. The number of hydrogen-bond donors (Lipinski definition) is 1. The molecule has 0 amide bonds. The number of nitrogens with zero attached hydrogens (tertiary/aromatic N) is 2. The first-order valence-corrected chi connectivity index (χ1v) is 6.92. The highest BCUT2D eigenvalue weighted by atomic mass is 16.5. The molecule has 1 aromatic carbocycles. The maximum atomic E-state index is 11.1. The van der Waals surface area contributed by atoms with Gasteiger partial charge in [-0.05, 0) is 19.4 Å². The van der Waals surface area contributed by atoms with Crippen molar-refractivity contribution >= 4 is 11.8 Å². The number of carbonyl (C=O) groups is 1. The first-order valence-electron chi connectivity index (χ1n) is 6.92. The summed E-state index contributed by atoms with van der Waals surface area (Å²) < 4.78 is 5.11. The van der Waals surface area contributed by atoms with E-state index in [9.17, 15) is 4.79 Å². The van der Waals surface area contributed by atoms with Gasteiger partial charge in [-0.3, -0.25) is 4.79 Å². The number of aliphatic carboxylic acids is 1. The molecule has 0 radical (unpaired) electrons. The van der Waals surface area contributed by atoms with Gasteiger partial charge in [0, 0.05) is 19.2 Å². The van der Waals surface area contributed by atoms with Crippen LogP contribution < -0.4 is 4.90 Å². The molecule has 21 heavy (non-hydrogen) atoms. The zero-order valence-corrected chi connectivity index (χ0v) is 12.5. The lowest BCUT2D eigenvalue weighted by molar-refractivity contribution is -0.140. The number of rotatable bonds is 6. The fraction of sp³-hybridized carbons (Fsp3) is 0.375. The van der Waals surface area contributed by atoms with Gasteiger partial charge >= 0.3 is 5.97 Å². The minimum atomic E-state index is -0.816. The summed E-state index contributed by atoms with van der Waals surface area (Å²) in [6.45, 7) is 6.53. The van der Waals surface area contributed by atoms with E-state index >= 15 is 0 Å². The van der Waals surface area contributed by atoms with E-state index < -0.39 is 11.9 Å². The molecule has 0 aliphatic heterocycles. The van der Waals surface area contributed by atoms with Gasteiger partial charge in [0.1, 0.15) is 5.76 Å². The Bertz CT molecular complexity index is 604. The first kappa shape index (κ1) is 15.1. The Morgan fingerprint density at radius 2 is 2.00 bits per heavy atom. The Hall–Kier alpha value is -2.30. The van der Waals surface area contributed by atoms with E-state index in [4.69, 9.17) is 9.63 Å². The zero-order chi connectivity index (χ0) is 15.4. The molecule has 2 aromatic rings. The molecule has 0 saturated heterocycles. The van der Waals surface area contributed by atoms with Crippen molar-refractivity contribution in [2.75, 3.05) is 11.4 Å². The first-order chi connectivity index (χ1) is 9.95. The molecule has 1 N–H and O–H groups in total. The summed E-state index contributed by atoms with van der Waals surface area (Å²) in [5.41, 5.74) is 2.31. The summed E-state index contributed by atoms with van der Waals surface area (Å²) in [6, 6.07) is 9.99. The molecular formula is C16H20N2O3. The number of anilines is 1. The molecule has 2 rings (SSSR count). The van der Waals surface area contributed by atoms with Crippen LogP contribution in [0.1, 0.15) is 23.8 Å². The summed E-state index contributed by atoms with van der Waals surface area (Å²) >= 11 is 0. The predicted octanol–water partition coefficient (Wildman–Crippen LogP) is 3.02. The highest BCUT2D eigenvalue weighted by Gasteiger charge is 2.19. The van der Waals surface area contributed by atoms with Crippen molar-refractivity contribution in [2.45, 2.75) is 27.3 Å². The average molecular weight is 288 g/mol. The van der Waals surface area contributed by atoms with Crippen LogP contribution in [0.3, 0.4) is 0 Å². The number of aromatic nitrogens is 1. The number of hydrogen-bond acceptors (Lipinski definition) is 4. The second-order valence-electron chi connectivity index (χ2n) is 5.40. The minimum absolute atomic E-state index is 0.384. The van der Waals surface area contributed by atoms with Gasteiger partial charge < -0.3 is 14.5 Å². The molecule has 1 unspecified atom stereocenters. The highest BCUT2D eigenvalue weighted by molar-refractivity contribution is 5.70. The molecule has 0 spiro atoms. The fourth-order valence-corrected chi connectivity index (χ4v) is 2.06. The molecule has 0 aliphatic rings. The van der Waals surface area contributed by atoms with Crippen molar-refractivity contribution in [1.29, 1.82) is 0 Å². The Morgan fingerprint density at radius 3 is 2.52 bits per heavy atom. The molecule has 1 aromatic heterocycles. The van der Waals surface area contributed by atoms with Crippen molar-refractivity contribution in [2.24, 2.45) is 5.92 Å². The summed E-state index contributed by atoms with van der Waals surface area (Å²) in [7, 11) is 0. The lowest BCUT2D eigenvalue weighted by Gasteiger charge is -2.23. The van der Waals surface area contributed by atoms with Gasteiger partial charge in [0.25, 0.3) is 0 Å². The van der Waals surface area contributed by atoms with Crippen LogP contribution in [0.4, 0.5) is 5.82 Å². The van der Waals surface area contributed by atoms with Crippen LogP contribution in [0.15, 0.2) is 34.9 Å². The van der Waals surface area contributed by atoms with E-state index in [0.29, 0.717) is 24.7 Å². The molecular weight excluding hydrogens is 268 g/mol. The second-order valence-corrected chi connectivity index (χ2v) is 5.40. The van der Waals surface area contributed by atoms with Crippen molar-refractivity contribution in [3.05, 3.63) is 47.2 Å². The minimum Gasteiger partial charge on any atom is -0.481 e. The Labute approximate surface area is 124 Å². The van der Waals surface area contributed by atoms with Crippen LogP contribution in [-0.4, -0.2) is 22.8 Å². The Balaban J connectivity index is 2.19. The SMILES string of the molecule is Cc1ccc(CN(CC(C)C(=O)O)c2cc(C)on2)cc1. The molecule has 0 saturated carbocycles. The highest BCUT2D eigenvalue weighted by Crippen LogP contribution is 2.19. The van der Waals surface area contributed by atoms with Gasteiger partial charge in [-0.15, -0.1) is 0 Å². The number of aryl methyl sites for hydroxylation is 2. The summed E-state index contributed by atoms with van der Waals surface area (Å²) in [4.78, 5) is 13.0. The fourth-order valence-electron chi connectivity index (χ4n) is 2.06. The Morgan fingerprint density at radius 1 is 1.33 bits per heavy atom. The summed E-state index contributed by atoms with van der Waals surface area (Å²) in [6.07, 6.45) is 0. The van der Waals surface area contributed by atoms with E-state index in [1.807, 2.05) is 49.1 Å². The van der Waals surface area contributed by atoms with Gasteiger partial charge in [0.2, 0.25) is 0 Å². The van der Waals surface area contributed by atoms with Crippen molar-refractivity contribution in [1.82, 2.24) is 5.16 Å². The largest absolute Gasteiger partial charge is 0.481 e. The third-order valence-electron chi connectivity index (χ3n) is 3.35. The molecule has 5 heteroatoms. The quantitative estimate of drug-likeness (QED) is 0.885. The molecule has 5 nitrogen and oxygen atoms in total. The molecule has 0 bridgehead atoms.